The summed E-state index contributed by atoms with van der Waals surface area (Å²) in [5.74, 6) is 0.251. The fraction of sp³-hybridized carbons (Fsp3) is 1.00. The number of piperidine rings is 1. The summed E-state index contributed by atoms with van der Waals surface area (Å²) in [6, 6.07) is 0.900. The monoisotopic (exact) mass is 304 g/mol. The van der Waals surface area contributed by atoms with Gasteiger partial charge in [-0.3, -0.25) is 4.90 Å². The lowest BCUT2D eigenvalue weighted by Gasteiger charge is -2.33. The summed E-state index contributed by atoms with van der Waals surface area (Å²) in [6.07, 6.45) is 3.75. The van der Waals surface area contributed by atoms with Crippen molar-refractivity contribution in [3.8, 4) is 0 Å². The van der Waals surface area contributed by atoms with Crippen molar-refractivity contribution in [2.24, 2.45) is 0 Å². The van der Waals surface area contributed by atoms with Crippen LogP contribution < -0.4 is 5.32 Å². The van der Waals surface area contributed by atoms with Gasteiger partial charge in [-0.2, -0.15) is 0 Å². The quantitative estimate of drug-likeness (QED) is 0.816. The summed E-state index contributed by atoms with van der Waals surface area (Å²) in [4.78, 5) is 2.30. The fourth-order valence-corrected chi connectivity index (χ4v) is 3.55. The number of rotatable bonds is 6. The van der Waals surface area contributed by atoms with Gasteiger partial charge in [-0.25, -0.2) is 8.42 Å². The van der Waals surface area contributed by atoms with Gasteiger partial charge in [0.1, 0.15) is 0 Å². The Bertz CT molecular complexity index is 379. The van der Waals surface area contributed by atoms with Gasteiger partial charge in [0.05, 0.1) is 10.5 Å². The zero-order valence-corrected chi connectivity index (χ0v) is 14.6. The molecule has 0 spiro atoms. The first kappa shape index (κ1) is 17.9. The number of nitrogens with zero attached hydrogens (tertiary/aromatic N) is 1. The molecule has 1 heterocycles. The van der Waals surface area contributed by atoms with Gasteiger partial charge in [-0.1, -0.05) is 6.42 Å². The molecule has 1 saturated heterocycles. The SMILES string of the molecule is CC(C)N(CCS(=O)(=O)C(C)(C)C)CC1CCCCN1. The van der Waals surface area contributed by atoms with Crippen LogP contribution in [0.5, 0.6) is 0 Å². The molecule has 0 bridgehead atoms. The third-order valence-corrected chi connectivity index (χ3v) is 6.76. The molecule has 4 nitrogen and oxygen atoms in total. The van der Waals surface area contributed by atoms with Gasteiger partial charge in [-0.05, 0) is 54.0 Å². The molecule has 20 heavy (non-hydrogen) atoms. The Labute approximate surface area is 125 Å². The van der Waals surface area contributed by atoms with Crippen LogP contribution in [0.2, 0.25) is 0 Å². The van der Waals surface area contributed by atoms with E-state index in [1.54, 1.807) is 20.8 Å². The summed E-state index contributed by atoms with van der Waals surface area (Å²) in [5, 5.41) is 3.54. The van der Waals surface area contributed by atoms with Gasteiger partial charge in [0.25, 0.3) is 0 Å². The summed E-state index contributed by atoms with van der Waals surface area (Å²) >= 11 is 0. The van der Waals surface area contributed by atoms with Crippen LogP contribution in [0.15, 0.2) is 0 Å². The van der Waals surface area contributed by atoms with Gasteiger partial charge in [-0.15, -0.1) is 0 Å². The van der Waals surface area contributed by atoms with Crippen molar-refractivity contribution in [1.82, 2.24) is 10.2 Å². The van der Waals surface area contributed by atoms with Crippen LogP contribution in [0.4, 0.5) is 0 Å². The molecule has 0 amide bonds. The lowest BCUT2D eigenvalue weighted by molar-refractivity contribution is 0.194. The zero-order chi connectivity index (χ0) is 15.4. The first-order valence-electron chi connectivity index (χ1n) is 7.83. The van der Waals surface area contributed by atoms with E-state index in [0.717, 1.165) is 13.1 Å². The van der Waals surface area contributed by atoms with Crippen LogP contribution >= 0.6 is 0 Å². The molecule has 5 heteroatoms. The summed E-state index contributed by atoms with van der Waals surface area (Å²) in [5.41, 5.74) is 0. The van der Waals surface area contributed by atoms with E-state index in [0.29, 0.717) is 18.6 Å². The van der Waals surface area contributed by atoms with E-state index in [4.69, 9.17) is 0 Å². The molecule has 1 aliphatic rings. The molecule has 0 radical (unpaired) electrons. The van der Waals surface area contributed by atoms with Gasteiger partial charge in [0.2, 0.25) is 0 Å². The van der Waals surface area contributed by atoms with E-state index in [1.807, 2.05) is 0 Å². The Morgan fingerprint density at radius 2 is 1.90 bits per heavy atom. The molecule has 0 aromatic rings. The highest BCUT2D eigenvalue weighted by molar-refractivity contribution is 7.92. The first-order chi connectivity index (χ1) is 9.13. The molecule has 0 saturated carbocycles. The molecule has 1 aliphatic heterocycles. The molecule has 1 atom stereocenters. The number of hydrogen-bond acceptors (Lipinski definition) is 4. The molecule has 1 rings (SSSR count). The van der Waals surface area contributed by atoms with Gasteiger partial charge < -0.3 is 5.32 Å². The Balaban J connectivity index is 2.55. The summed E-state index contributed by atoms with van der Waals surface area (Å²) < 4.78 is 23.8. The second kappa shape index (κ2) is 7.23. The van der Waals surface area contributed by atoms with Crippen molar-refractivity contribution in [3.05, 3.63) is 0 Å². The predicted octanol–water partition coefficient (Wildman–Crippen LogP) is 2.05. The maximum Gasteiger partial charge on any atom is 0.156 e. The molecule has 0 aromatic heterocycles. The molecule has 1 N–H and O–H groups in total. The Hall–Kier alpha value is -0.130. The number of sulfone groups is 1. The molecule has 120 valence electrons. The highest BCUT2D eigenvalue weighted by Crippen LogP contribution is 2.17. The van der Waals surface area contributed by atoms with E-state index in [1.165, 1.54) is 19.3 Å². The van der Waals surface area contributed by atoms with Crippen LogP contribution in [0.3, 0.4) is 0 Å². The Kier molecular flexibility index (Phi) is 6.48. The second-order valence-corrected chi connectivity index (χ2v) is 10.0. The predicted molar refractivity (Wildman–Crippen MR) is 85.9 cm³/mol. The van der Waals surface area contributed by atoms with E-state index < -0.39 is 14.6 Å². The second-order valence-electron chi connectivity index (χ2n) is 7.17. The summed E-state index contributed by atoms with van der Waals surface area (Å²) in [6.45, 7) is 12.3. The highest BCUT2D eigenvalue weighted by Gasteiger charge is 2.29. The average Bonchev–Trinajstić information content (AvgIpc) is 2.34. The third kappa shape index (κ3) is 5.34. The molecule has 0 aromatic carbocycles. The van der Waals surface area contributed by atoms with Crippen LogP contribution in [0.1, 0.15) is 53.9 Å². The third-order valence-electron chi connectivity index (χ3n) is 4.18. The van der Waals surface area contributed by atoms with Crippen molar-refractivity contribution in [1.29, 1.82) is 0 Å². The van der Waals surface area contributed by atoms with Crippen molar-refractivity contribution >= 4 is 9.84 Å². The summed E-state index contributed by atoms with van der Waals surface area (Å²) in [7, 11) is -3.03. The zero-order valence-electron chi connectivity index (χ0n) is 13.8. The van der Waals surface area contributed by atoms with E-state index in [2.05, 4.69) is 24.1 Å². The normalized spacial score (nSPS) is 21.6. The van der Waals surface area contributed by atoms with E-state index >= 15 is 0 Å². The Morgan fingerprint density at radius 1 is 1.25 bits per heavy atom. The van der Waals surface area contributed by atoms with Crippen molar-refractivity contribution in [2.45, 2.75) is 70.7 Å². The lowest BCUT2D eigenvalue weighted by atomic mass is 10.0. The van der Waals surface area contributed by atoms with Crippen molar-refractivity contribution < 1.29 is 8.42 Å². The topological polar surface area (TPSA) is 49.4 Å². The average molecular weight is 305 g/mol. The minimum atomic E-state index is -3.03. The van der Waals surface area contributed by atoms with Crippen LogP contribution in [0, 0.1) is 0 Å². The maximum absolute atomic E-state index is 12.2. The minimum absolute atomic E-state index is 0.251. The standard InChI is InChI=1S/C15H32N2O2S/c1-13(2)17(12-14-8-6-7-9-16-14)10-11-20(18,19)15(3,4)5/h13-14,16H,6-12H2,1-5H3. The maximum atomic E-state index is 12.2. The molecule has 1 fully saturated rings. The van der Waals surface area contributed by atoms with Crippen LogP contribution in [-0.2, 0) is 9.84 Å². The van der Waals surface area contributed by atoms with Crippen LogP contribution in [-0.4, -0.2) is 55.5 Å². The first-order valence-corrected chi connectivity index (χ1v) is 9.48. The highest BCUT2D eigenvalue weighted by atomic mass is 32.2. The lowest BCUT2D eigenvalue weighted by Crippen LogP contribution is -2.48. The molecule has 0 aliphatic carbocycles. The molecular weight excluding hydrogens is 272 g/mol. The van der Waals surface area contributed by atoms with Crippen molar-refractivity contribution in [3.63, 3.8) is 0 Å². The van der Waals surface area contributed by atoms with Gasteiger partial charge in [0.15, 0.2) is 9.84 Å². The minimum Gasteiger partial charge on any atom is -0.313 e. The molecule has 1 unspecified atom stereocenters. The fourth-order valence-electron chi connectivity index (χ4n) is 2.47. The number of hydrogen-bond donors (Lipinski definition) is 1. The molecular formula is C15H32N2O2S. The van der Waals surface area contributed by atoms with Crippen molar-refractivity contribution in [2.75, 3.05) is 25.4 Å². The largest absolute Gasteiger partial charge is 0.313 e. The smallest absolute Gasteiger partial charge is 0.156 e. The van der Waals surface area contributed by atoms with Gasteiger partial charge in [0, 0.05) is 25.2 Å². The Morgan fingerprint density at radius 3 is 2.35 bits per heavy atom. The van der Waals surface area contributed by atoms with Gasteiger partial charge >= 0.3 is 0 Å². The number of nitrogens with one attached hydrogen (secondary N) is 1. The van der Waals surface area contributed by atoms with E-state index in [9.17, 15) is 8.42 Å². The van der Waals surface area contributed by atoms with E-state index in [-0.39, 0.29) is 5.75 Å². The van der Waals surface area contributed by atoms with Crippen LogP contribution in [0.25, 0.3) is 0 Å².